The van der Waals surface area contributed by atoms with Crippen LogP contribution in [0.1, 0.15) is 21.6 Å². The van der Waals surface area contributed by atoms with Gasteiger partial charge in [0.25, 0.3) is 5.91 Å². The molecule has 2 heterocycles. The molecule has 1 amide bonds. The Bertz CT molecular complexity index is 1540. The van der Waals surface area contributed by atoms with Crippen LogP contribution in [0.5, 0.6) is 0 Å². The molecule has 1 N–H and O–H groups in total. The molecule has 0 fully saturated rings. The van der Waals surface area contributed by atoms with E-state index in [1.807, 2.05) is 80.5 Å². The predicted molar refractivity (Wildman–Crippen MR) is 141 cm³/mol. The first-order chi connectivity index (χ1) is 17.4. The van der Waals surface area contributed by atoms with Gasteiger partial charge in [0.05, 0.1) is 34.4 Å². The van der Waals surface area contributed by atoms with Crippen molar-refractivity contribution in [1.82, 2.24) is 20.1 Å². The molecule has 7 heteroatoms. The lowest BCUT2D eigenvalue weighted by atomic mass is 10.0. The number of carbonyl (C=O) groups excluding carboxylic acids is 1. The van der Waals surface area contributed by atoms with Crippen molar-refractivity contribution in [3.05, 3.63) is 108 Å². The number of benzene rings is 3. The third-order valence-corrected chi connectivity index (χ3v) is 6.22. The average molecular weight is 480 g/mol. The maximum absolute atomic E-state index is 13.4. The van der Waals surface area contributed by atoms with Gasteiger partial charge in [-0.15, -0.1) is 0 Å². The highest BCUT2D eigenvalue weighted by Gasteiger charge is 2.17. The summed E-state index contributed by atoms with van der Waals surface area (Å²) in [7, 11) is 3.99. The Morgan fingerprint density at radius 3 is 2.44 bits per heavy atom. The van der Waals surface area contributed by atoms with E-state index in [4.69, 9.17) is 4.98 Å². The van der Waals surface area contributed by atoms with E-state index < -0.39 is 0 Å². The van der Waals surface area contributed by atoms with E-state index in [9.17, 15) is 9.18 Å². The highest BCUT2D eigenvalue weighted by Crippen LogP contribution is 2.28. The Hall–Kier alpha value is -4.52. The van der Waals surface area contributed by atoms with Gasteiger partial charge < -0.3 is 10.2 Å². The molecule has 3 aromatic carbocycles. The Morgan fingerprint density at radius 2 is 1.72 bits per heavy atom. The normalized spacial score (nSPS) is 11.0. The van der Waals surface area contributed by atoms with E-state index in [0.29, 0.717) is 17.8 Å². The van der Waals surface area contributed by atoms with Crippen LogP contribution in [0.4, 0.5) is 10.1 Å². The third-order valence-electron chi connectivity index (χ3n) is 6.22. The van der Waals surface area contributed by atoms with Gasteiger partial charge >= 0.3 is 0 Å². The monoisotopic (exact) mass is 479 g/mol. The highest BCUT2D eigenvalue weighted by molar-refractivity contribution is 6.07. The van der Waals surface area contributed by atoms with Gasteiger partial charge in [-0.2, -0.15) is 5.10 Å². The Balaban J connectivity index is 1.47. The van der Waals surface area contributed by atoms with E-state index in [0.717, 1.165) is 39.1 Å². The first kappa shape index (κ1) is 23.2. The van der Waals surface area contributed by atoms with Crippen molar-refractivity contribution in [3.63, 3.8) is 0 Å². The lowest BCUT2D eigenvalue weighted by Crippen LogP contribution is -2.23. The molecule has 0 aliphatic heterocycles. The SMILES string of the molecule is Cc1c(-c2cc(C(=O)NCc3ccc(N(C)C)cc3)c3ccccc3n2)cnn1-c1ccc(F)cc1. The maximum atomic E-state index is 13.4. The first-order valence-electron chi connectivity index (χ1n) is 11.7. The molecule has 0 aliphatic carbocycles. The Morgan fingerprint density at radius 1 is 1.00 bits per heavy atom. The Labute approximate surface area is 209 Å². The molecule has 0 radical (unpaired) electrons. The van der Waals surface area contributed by atoms with Crippen LogP contribution in [0, 0.1) is 12.7 Å². The highest BCUT2D eigenvalue weighted by atomic mass is 19.1. The molecule has 36 heavy (non-hydrogen) atoms. The summed E-state index contributed by atoms with van der Waals surface area (Å²) in [5, 5.41) is 8.32. The summed E-state index contributed by atoms with van der Waals surface area (Å²) in [4.78, 5) is 20.2. The molecule has 0 bridgehead atoms. The van der Waals surface area contributed by atoms with E-state index in [-0.39, 0.29) is 11.7 Å². The standard InChI is InChI=1S/C29H26FN5O/c1-19-26(18-32-35(19)23-14-10-21(30)11-15-23)28-16-25(24-6-4-5-7-27(24)33-28)29(36)31-17-20-8-12-22(13-9-20)34(2)3/h4-16,18H,17H2,1-3H3,(H,31,36). The molecule has 5 aromatic rings. The zero-order valence-electron chi connectivity index (χ0n) is 20.4. The van der Waals surface area contributed by atoms with Crippen LogP contribution < -0.4 is 10.2 Å². The van der Waals surface area contributed by atoms with E-state index in [1.54, 1.807) is 23.0 Å². The number of fused-ring (bicyclic) bond motifs is 1. The van der Waals surface area contributed by atoms with Crippen LogP contribution in [0.25, 0.3) is 27.8 Å². The molecule has 0 spiro atoms. The van der Waals surface area contributed by atoms with Gasteiger partial charge in [-0.05, 0) is 61.0 Å². The smallest absolute Gasteiger partial charge is 0.252 e. The van der Waals surface area contributed by atoms with Crippen LogP contribution in [-0.2, 0) is 6.54 Å². The van der Waals surface area contributed by atoms with Crippen LogP contribution in [-0.4, -0.2) is 34.8 Å². The molecule has 6 nitrogen and oxygen atoms in total. The number of rotatable bonds is 6. The van der Waals surface area contributed by atoms with Crippen molar-refractivity contribution in [3.8, 4) is 16.9 Å². The van der Waals surface area contributed by atoms with Crippen LogP contribution >= 0.6 is 0 Å². The lowest BCUT2D eigenvalue weighted by molar-refractivity contribution is 0.0952. The molecular weight excluding hydrogens is 453 g/mol. The number of hydrogen-bond donors (Lipinski definition) is 1. The quantitative estimate of drug-likeness (QED) is 0.348. The van der Waals surface area contributed by atoms with Crippen molar-refractivity contribution in [2.75, 3.05) is 19.0 Å². The number of para-hydroxylation sites is 1. The van der Waals surface area contributed by atoms with Crippen molar-refractivity contribution in [2.45, 2.75) is 13.5 Å². The van der Waals surface area contributed by atoms with Crippen molar-refractivity contribution in [2.24, 2.45) is 0 Å². The summed E-state index contributed by atoms with van der Waals surface area (Å²) in [5.74, 6) is -0.473. The van der Waals surface area contributed by atoms with Gasteiger partial charge in [-0.3, -0.25) is 4.79 Å². The van der Waals surface area contributed by atoms with Crippen LogP contribution in [0.15, 0.2) is 85.1 Å². The Kier molecular flexibility index (Phi) is 6.21. The van der Waals surface area contributed by atoms with Gasteiger partial charge in [-0.1, -0.05) is 30.3 Å². The molecule has 180 valence electrons. The second kappa shape index (κ2) is 9.62. The van der Waals surface area contributed by atoms with Gasteiger partial charge in [0.1, 0.15) is 5.82 Å². The minimum absolute atomic E-state index is 0.171. The largest absolute Gasteiger partial charge is 0.378 e. The van der Waals surface area contributed by atoms with Crippen LogP contribution in [0.3, 0.4) is 0 Å². The summed E-state index contributed by atoms with van der Waals surface area (Å²) in [6.07, 6.45) is 1.73. The molecule has 0 saturated carbocycles. The molecule has 0 unspecified atom stereocenters. The summed E-state index contributed by atoms with van der Waals surface area (Å²) in [6, 6.07) is 23.7. The molecule has 0 aliphatic rings. The fourth-order valence-electron chi connectivity index (χ4n) is 4.19. The van der Waals surface area contributed by atoms with Crippen molar-refractivity contribution < 1.29 is 9.18 Å². The third kappa shape index (κ3) is 4.55. The van der Waals surface area contributed by atoms with Gasteiger partial charge in [-0.25, -0.2) is 14.1 Å². The minimum atomic E-state index is -0.302. The van der Waals surface area contributed by atoms with Crippen LogP contribution in [0.2, 0.25) is 0 Å². The van der Waals surface area contributed by atoms with Crippen molar-refractivity contribution in [1.29, 1.82) is 0 Å². The fraction of sp³-hybridized carbons (Fsp3) is 0.138. The minimum Gasteiger partial charge on any atom is -0.378 e. The van der Waals surface area contributed by atoms with Crippen molar-refractivity contribution >= 4 is 22.5 Å². The van der Waals surface area contributed by atoms with Gasteiger partial charge in [0.2, 0.25) is 0 Å². The fourth-order valence-corrected chi connectivity index (χ4v) is 4.19. The zero-order valence-corrected chi connectivity index (χ0v) is 20.4. The summed E-state index contributed by atoms with van der Waals surface area (Å²) in [6.45, 7) is 2.35. The summed E-state index contributed by atoms with van der Waals surface area (Å²) in [5.41, 5.74) is 6.45. The zero-order chi connectivity index (χ0) is 25.2. The molecular formula is C29H26FN5O. The number of nitrogens with zero attached hydrogens (tertiary/aromatic N) is 4. The number of amides is 1. The topological polar surface area (TPSA) is 63.1 Å². The second-order valence-electron chi connectivity index (χ2n) is 8.85. The van der Waals surface area contributed by atoms with E-state index in [1.165, 1.54) is 12.1 Å². The van der Waals surface area contributed by atoms with E-state index in [2.05, 4.69) is 10.4 Å². The van der Waals surface area contributed by atoms with Gasteiger partial charge in [0.15, 0.2) is 0 Å². The number of anilines is 1. The summed E-state index contributed by atoms with van der Waals surface area (Å²) >= 11 is 0. The number of nitrogens with one attached hydrogen (secondary N) is 1. The number of halogens is 1. The predicted octanol–water partition coefficient (Wildman–Crippen LogP) is 5.53. The number of aromatic nitrogens is 3. The number of pyridine rings is 1. The molecule has 5 rings (SSSR count). The average Bonchev–Trinajstić information content (AvgIpc) is 3.28. The lowest BCUT2D eigenvalue weighted by Gasteiger charge is -2.13. The van der Waals surface area contributed by atoms with E-state index >= 15 is 0 Å². The maximum Gasteiger partial charge on any atom is 0.252 e. The van der Waals surface area contributed by atoms with Gasteiger partial charge in [0, 0.05) is 37.3 Å². The number of hydrogen-bond acceptors (Lipinski definition) is 4. The second-order valence-corrected chi connectivity index (χ2v) is 8.85. The first-order valence-corrected chi connectivity index (χ1v) is 11.7. The molecule has 0 atom stereocenters. The summed E-state index contributed by atoms with van der Waals surface area (Å²) < 4.78 is 15.1. The number of carbonyl (C=O) groups is 1. The molecule has 0 saturated heterocycles. The molecule has 2 aromatic heterocycles.